The maximum atomic E-state index is 13.5. The van der Waals surface area contributed by atoms with E-state index >= 15 is 0 Å². The van der Waals surface area contributed by atoms with Crippen LogP contribution >= 0.6 is 0 Å². The average Bonchev–Trinajstić information content (AvgIpc) is 3.66. The van der Waals surface area contributed by atoms with Gasteiger partial charge >= 0.3 is 0 Å². The summed E-state index contributed by atoms with van der Waals surface area (Å²) in [7, 11) is 0. The molecule has 1 saturated heterocycles. The number of anilines is 1. The highest BCUT2D eigenvalue weighted by Gasteiger charge is 2.34. The van der Waals surface area contributed by atoms with E-state index in [1.807, 2.05) is 23.1 Å². The van der Waals surface area contributed by atoms with E-state index < -0.39 is 0 Å². The number of amides is 1. The van der Waals surface area contributed by atoms with Gasteiger partial charge in [0, 0.05) is 48.3 Å². The SMILES string of the molecule is Cc1ccc(N(C(=O)c2ccco2)C2CCN(CCC3(CCn4cc5ccccc5c4O)CCCCC3)CC2)cc1. The molecule has 0 unspecified atom stereocenters. The molecular formula is C35H43N3O3. The number of piperidine rings is 1. The maximum Gasteiger partial charge on any atom is 0.294 e. The van der Waals surface area contributed by atoms with Crippen LogP contribution in [0.15, 0.2) is 77.5 Å². The molecule has 1 aliphatic carbocycles. The second-order valence-corrected chi connectivity index (χ2v) is 12.4. The molecule has 216 valence electrons. The van der Waals surface area contributed by atoms with E-state index in [0.29, 0.717) is 17.1 Å². The molecule has 1 aliphatic heterocycles. The number of benzene rings is 2. The van der Waals surface area contributed by atoms with Crippen LogP contribution in [0.5, 0.6) is 5.88 Å². The summed E-state index contributed by atoms with van der Waals surface area (Å²) in [5, 5.41) is 12.9. The number of fused-ring (bicyclic) bond motifs is 1. The molecule has 41 heavy (non-hydrogen) atoms. The van der Waals surface area contributed by atoms with Gasteiger partial charge in [-0.3, -0.25) is 4.79 Å². The molecule has 6 rings (SSSR count). The van der Waals surface area contributed by atoms with Crippen LogP contribution in [0.3, 0.4) is 0 Å². The number of hydrogen-bond donors (Lipinski definition) is 1. The van der Waals surface area contributed by atoms with Gasteiger partial charge in [0.15, 0.2) is 11.6 Å². The zero-order valence-electron chi connectivity index (χ0n) is 24.3. The zero-order chi connectivity index (χ0) is 28.2. The van der Waals surface area contributed by atoms with Gasteiger partial charge in [-0.15, -0.1) is 0 Å². The number of hydrogen-bond acceptors (Lipinski definition) is 4. The Hall–Kier alpha value is -3.51. The highest BCUT2D eigenvalue weighted by atomic mass is 16.3. The molecule has 0 radical (unpaired) electrons. The van der Waals surface area contributed by atoms with Crippen LogP contribution in [0.1, 0.15) is 73.9 Å². The van der Waals surface area contributed by atoms with Gasteiger partial charge in [-0.25, -0.2) is 0 Å². The van der Waals surface area contributed by atoms with Gasteiger partial charge in [0.25, 0.3) is 5.91 Å². The fourth-order valence-corrected chi connectivity index (χ4v) is 7.17. The summed E-state index contributed by atoms with van der Waals surface area (Å²) < 4.78 is 7.57. The van der Waals surface area contributed by atoms with E-state index in [0.717, 1.165) is 61.9 Å². The Kier molecular flexibility index (Phi) is 8.20. The molecule has 2 aromatic heterocycles. The van der Waals surface area contributed by atoms with Gasteiger partial charge in [-0.2, -0.15) is 0 Å². The predicted octanol–water partition coefficient (Wildman–Crippen LogP) is 7.79. The van der Waals surface area contributed by atoms with Crippen LogP contribution in [0, 0.1) is 12.3 Å². The summed E-state index contributed by atoms with van der Waals surface area (Å²) in [5.74, 6) is 0.740. The predicted molar refractivity (Wildman–Crippen MR) is 165 cm³/mol. The van der Waals surface area contributed by atoms with Crippen LogP contribution in [0.4, 0.5) is 5.69 Å². The third kappa shape index (κ3) is 6.08. The monoisotopic (exact) mass is 553 g/mol. The molecule has 1 N–H and O–H groups in total. The van der Waals surface area contributed by atoms with Crippen molar-refractivity contribution in [3.63, 3.8) is 0 Å². The van der Waals surface area contributed by atoms with Gasteiger partial charge in [0.2, 0.25) is 0 Å². The van der Waals surface area contributed by atoms with E-state index in [2.05, 4.69) is 52.9 Å². The molecule has 2 aliphatic rings. The first kappa shape index (κ1) is 27.6. The number of nitrogens with zero attached hydrogens (tertiary/aromatic N) is 3. The van der Waals surface area contributed by atoms with Crippen LogP contribution in [0.2, 0.25) is 0 Å². The Morgan fingerprint density at radius 2 is 1.68 bits per heavy atom. The van der Waals surface area contributed by atoms with E-state index in [1.165, 1.54) is 44.1 Å². The number of aryl methyl sites for hydroxylation is 2. The number of rotatable bonds is 9. The Bertz CT molecular complexity index is 1430. The van der Waals surface area contributed by atoms with E-state index in [9.17, 15) is 9.90 Å². The summed E-state index contributed by atoms with van der Waals surface area (Å²) in [6, 6.07) is 20.1. The van der Waals surface area contributed by atoms with Crippen LogP contribution in [-0.2, 0) is 6.54 Å². The molecule has 1 saturated carbocycles. The molecule has 2 aromatic carbocycles. The number of carbonyl (C=O) groups is 1. The lowest BCUT2D eigenvalue weighted by atomic mass is 9.69. The fraction of sp³-hybridized carbons (Fsp3) is 0.457. The van der Waals surface area contributed by atoms with Crippen molar-refractivity contribution in [1.82, 2.24) is 9.47 Å². The second kappa shape index (κ2) is 12.2. The number of furan rings is 1. The molecule has 2 fully saturated rings. The summed E-state index contributed by atoms with van der Waals surface area (Å²) in [5.41, 5.74) is 2.46. The standard InChI is InChI=1S/C35H43N3O3/c1-27-11-13-29(14-12-27)38(34(40)32-10-7-25-41-32)30-15-21-36(22-16-30)23-19-35(17-5-2-6-18-35)20-24-37-26-28-8-3-4-9-31(28)33(37)39/h3-4,7-14,25-26,30,39H,2,5-6,15-24H2,1H3. The van der Waals surface area contributed by atoms with Crippen LogP contribution in [-0.4, -0.2) is 46.2 Å². The topological polar surface area (TPSA) is 61.9 Å². The fourth-order valence-electron chi connectivity index (χ4n) is 7.17. The van der Waals surface area contributed by atoms with E-state index in [1.54, 1.807) is 18.4 Å². The van der Waals surface area contributed by atoms with Crippen molar-refractivity contribution in [2.75, 3.05) is 24.5 Å². The summed E-state index contributed by atoms with van der Waals surface area (Å²) in [6.07, 6.45) is 14.4. The smallest absolute Gasteiger partial charge is 0.294 e. The first-order valence-corrected chi connectivity index (χ1v) is 15.4. The largest absolute Gasteiger partial charge is 0.494 e. The zero-order valence-corrected chi connectivity index (χ0v) is 24.3. The van der Waals surface area contributed by atoms with Gasteiger partial charge in [-0.1, -0.05) is 55.2 Å². The number of aromatic hydroxyl groups is 1. The first-order chi connectivity index (χ1) is 20.0. The molecule has 1 amide bonds. The molecular weight excluding hydrogens is 510 g/mol. The Morgan fingerprint density at radius 1 is 0.951 bits per heavy atom. The maximum absolute atomic E-state index is 13.5. The van der Waals surface area contributed by atoms with Crippen molar-refractivity contribution in [2.45, 2.75) is 77.3 Å². The molecule has 0 atom stereocenters. The van der Waals surface area contributed by atoms with Gasteiger partial charge < -0.3 is 23.9 Å². The van der Waals surface area contributed by atoms with Crippen molar-refractivity contribution < 1.29 is 14.3 Å². The van der Waals surface area contributed by atoms with Crippen molar-refractivity contribution in [3.05, 3.63) is 84.4 Å². The highest BCUT2D eigenvalue weighted by molar-refractivity contribution is 6.04. The lowest BCUT2D eigenvalue weighted by Crippen LogP contribution is -2.48. The minimum absolute atomic E-state index is 0.0561. The van der Waals surface area contributed by atoms with Crippen LogP contribution < -0.4 is 4.90 Å². The van der Waals surface area contributed by atoms with Crippen molar-refractivity contribution in [1.29, 1.82) is 0 Å². The van der Waals surface area contributed by atoms with Crippen molar-refractivity contribution in [2.24, 2.45) is 5.41 Å². The van der Waals surface area contributed by atoms with Gasteiger partial charge in [0.05, 0.1) is 6.26 Å². The molecule has 0 bridgehead atoms. The third-order valence-electron chi connectivity index (χ3n) is 9.71. The first-order valence-electron chi connectivity index (χ1n) is 15.4. The van der Waals surface area contributed by atoms with Gasteiger partial charge in [-0.05, 0) is 87.7 Å². The Balaban J connectivity index is 1.09. The molecule has 0 spiro atoms. The van der Waals surface area contributed by atoms with E-state index in [4.69, 9.17) is 4.42 Å². The number of aromatic nitrogens is 1. The van der Waals surface area contributed by atoms with Gasteiger partial charge in [0.1, 0.15) is 0 Å². The average molecular weight is 554 g/mol. The molecule has 4 aromatic rings. The third-order valence-corrected chi connectivity index (χ3v) is 9.71. The molecule has 3 heterocycles. The summed E-state index contributed by atoms with van der Waals surface area (Å²) in [4.78, 5) is 18.1. The summed E-state index contributed by atoms with van der Waals surface area (Å²) in [6.45, 7) is 6.03. The Morgan fingerprint density at radius 3 is 2.39 bits per heavy atom. The minimum Gasteiger partial charge on any atom is -0.494 e. The van der Waals surface area contributed by atoms with Crippen LogP contribution in [0.25, 0.3) is 10.8 Å². The molecule has 6 nitrogen and oxygen atoms in total. The van der Waals surface area contributed by atoms with Crippen molar-refractivity contribution in [3.8, 4) is 5.88 Å². The normalized spacial score (nSPS) is 18.1. The lowest BCUT2D eigenvalue weighted by Gasteiger charge is -2.42. The van der Waals surface area contributed by atoms with E-state index in [-0.39, 0.29) is 11.9 Å². The number of likely N-dealkylation sites (tertiary alicyclic amines) is 1. The Labute approximate surface area is 243 Å². The second-order valence-electron chi connectivity index (χ2n) is 12.4. The summed E-state index contributed by atoms with van der Waals surface area (Å²) >= 11 is 0. The highest BCUT2D eigenvalue weighted by Crippen LogP contribution is 2.43. The quantitative estimate of drug-likeness (QED) is 0.230. The minimum atomic E-state index is -0.0561. The van der Waals surface area contributed by atoms with Crippen molar-refractivity contribution >= 4 is 22.4 Å². The lowest BCUT2D eigenvalue weighted by molar-refractivity contribution is 0.0915. The number of carbonyl (C=O) groups excluding carboxylic acids is 1. The molecule has 6 heteroatoms.